The van der Waals surface area contributed by atoms with Gasteiger partial charge in [-0.1, -0.05) is 12.1 Å². The first-order valence-corrected chi connectivity index (χ1v) is 18.2. The maximum atomic E-state index is 14.8. The number of halogens is 1. The van der Waals surface area contributed by atoms with Crippen LogP contribution in [0, 0.1) is 18.2 Å². The molecule has 2 fully saturated rings. The number of nitrogens with one attached hydrogen (secondary N) is 2. The van der Waals surface area contributed by atoms with Crippen molar-refractivity contribution in [1.82, 2.24) is 29.7 Å². The number of hydrogen-bond donors (Lipinski definition) is 3. The molecule has 16 heteroatoms. The number of carbonyl (C=O) groups excluding carboxylic acids is 1. The molecule has 1 aromatic carbocycles. The molecule has 0 radical (unpaired) electrons. The van der Waals surface area contributed by atoms with Crippen molar-refractivity contribution in [3.05, 3.63) is 63.0 Å². The number of rotatable bonds is 11. The number of fused-ring (bicyclic) bond motifs is 1. The van der Waals surface area contributed by atoms with Gasteiger partial charge in [-0.05, 0) is 51.8 Å². The molecule has 0 spiro atoms. The van der Waals surface area contributed by atoms with Crippen molar-refractivity contribution < 1.29 is 32.2 Å². The largest absolute Gasteiger partial charge is 0.481 e. The summed E-state index contributed by atoms with van der Waals surface area (Å²) in [4.78, 5) is 41.1. The van der Waals surface area contributed by atoms with E-state index in [0.717, 1.165) is 6.26 Å². The number of carboxylic acid groups (broad SMARTS) is 1. The Morgan fingerprint density at radius 1 is 1.28 bits per heavy atom. The molecular formula is C31H42FN7O6S2. The number of thiazole rings is 1. The summed E-state index contributed by atoms with van der Waals surface area (Å²) >= 11 is 1.38. The van der Waals surface area contributed by atoms with Gasteiger partial charge in [0.25, 0.3) is 0 Å². The molecule has 3 aliphatic rings. The lowest BCUT2D eigenvalue weighted by atomic mass is 9.92. The molecule has 0 bridgehead atoms. The highest BCUT2D eigenvalue weighted by Gasteiger charge is 2.53. The summed E-state index contributed by atoms with van der Waals surface area (Å²) in [5, 5.41) is 15.6. The number of piperazine rings is 1. The lowest BCUT2D eigenvalue weighted by Gasteiger charge is -2.46. The fourth-order valence-corrected chi connectivity index (χ4v) is 8.17. The summed E-state index contributed by atoms with van der Waals surface area (Å²) in [7, 11) is -3.66. The van der Waals surface area contributed by atoms with E-state index in [1.165, 1.54) is 17.4 Å². The van der Waals surface area contributed by atoms with Crippen molar-refractivity contribution in [2.75, 3.05) is 52.1 Å². The molecule has 1 unspecified atom stereocenters. The van der Waals surface area contributed by atoms with Crippen molar-refractivity contribution >= 4 is 39.1 Å². The number of carboxylic acids is 1. The van der Waals surface area contributed by atoms with E-state index in [1.807, 2.05) is 10.3 Å². The zero-order valence-corrected chi connectivity index (χ0v) is 29.0. The Bertz CT molecular complexity index is 1700. The first-order chi connectivity index (χ1) is 22.0. The third-order valence-corrected chi connectivity index (χ3v) is 10.5. The van der Waals surface area contributed by atoms with Crippen molar-refractivity contribution in [2.45, 2.75) is 52.5 Å². The van der Waals surface area contributed by atoms with Crippen LogP contribution in [0.15, 0.2) is 46.0 Å². The van der Waals surface area contributed by atoms with E-state index in [0.29, 0.717) is 60.4 Å². The van der Waals surface area contributed by atoms with Crippen LogP contribution in [0.25, 0.3) is 0 Å². The second-order valence-corrected chi connectivity index (χ2v) is 15.6. The van der Waals surface area contributed by atoms with Crippen LogP contribution in [0.2, 0.25) is 0 Å². The highest BCUT2D eigenvalue weighted by molar-refractivity contribution is 7.88. The van der Waals surface area contributed by atoms with Gasteiger partial charge in [-0.3, -0.25) is 24.5 Å². The van der Waals surface area contributed by atoms with Crippen LogP contribution in [0.4, 0.5) is 4.39 Å². The molecule has 3 N–H and O–H groups in total. The standard InChI is InChI=1S/C31H42FN7O6S2/c1-7-45-28(40)24-23(34-26(27-33-11-14-46-27)35-25(24)21-9-8-10-22(32)19(21)2)17-37-12-13-39-20(15-37)16-38(18-30(3,4)29(41)42)31(39,5)36-47(6,43)44/h8-11,14,20,25,36H,7,12-13,15-18H2,1-6H3,(H,34,35)(H,41,42)/t20?,25-,31+/m0/s1. The molecule has 1 aromatic heterocycles. The summed E-state index contributed by atoms with van der Waals surface area (Å²) in [5.74, 6) is -2.62. The third-order valence-electron chi connectivity index (χ3n) is 8.96. The second-order valence-electron chi connectivity index (χ2n) is 13.0. The van der Waals surface area contributed by atoms with Crippen molar-refractivity contribution in [3.8, 4) is 0 Å². The molecule has 0 aliphatic carbocycles. The highest BCUT2D eigenvalue weighted by Crippen LogP contribution is 2.37. The van der Waals surface area contributed by atoms with Crippen molar-refractivity contribution in [3.63, 3.8) is 0 Å². The van der Waals surface area contributed by atoms with Gasteiger partial charge in [-0.15, -0.1) is 11.3 Å². The van der Waals surface area contributed by atoms with Gasteiger partial charge in [0, 0.05) is 62.6 Å². The number of amidine groups is 1. The number of carbonyl (C=O) groups is 2. The minimum atomic E-state index is -3.66. The van der Waals surface area contributed by atoms with E-state index >= 15 is 0 Å². The van der Waals surface area contributed by atoms with Gasteiger partial charge < -0.3 is 15.2 Å². The van der Waals surface area contributed by atoms with Crippen LogP contribution in [0.3, 0.4) is 0 Å². The van der Waals surface area contributed by atoms with Gasteiger partial charge in [0.1, 0.15) is 17.6 Å². The molecule has 3 atom stereocenters. The number of hydrogen-bond acceptors (Lipinski definition) is 12. The summed E-state index contributed by atoms with van der Waals surface area (Å²) in [5.41, 5.74) is 0.633. The number of aliphatic imine (C=N–C) groups is 1. The van der Waals surface area contributed by atoms with Crippen LogP contribution >= 0.6 is 11.3 Å². The van der Waals surface area contributed by atoms with Gasteiger partial charge >= 0.3 is 11.9 Å². The predicted molar refractivity (Wildman–Crippen MR) is 176 cm³/mol. The molecule has 3 aliphatic heterocycles. The molecule has 0 saturated carbocycles. The molecule has 0 amide bonds. The van der Waals surface area contributed by atoms with Crippen LogP contribution < -0.4 is 10.0 Å². The number of aromatic nitrogens is 1. The minimum Gasteiger partial charge on any atom is -0.481 e. The van der Waals surface area contributed by atoms with E-state index < -0.39 is 45.0 Å². The molecule has 5 rings (SSSR count). The Balaban J connectivity index is 1.50. The fourth-order valence-electron chi connectivity index (χ4n) is 6.63. The monoisotopic (exact) mass is 691 g/mol. The van der Waals surface area contributed by atoms with E-state index in [4.69, 9.17) is 9.73 Å². The number of nitrogens with zero attached hydrogens (tertiary/aromatic N) is 5. The Labute approximate surface area is 278 Å². The van der Waals surface area contributed by atoms with Crippen LogP contribution in [-0.2, 0) is 24.3 Å². The van der Waals surface area contributed by atoms with Gasteiger partial charge in [0.05, 0.1) is 23.9 Å². The SMILES string of the molecule is CCOC(=O)C1=C(CN2CCN3C(C2)CN(CC(C)(C)C(=O)O)[C@@]3(C)NS(C)(=O)=O)NC(c2nccs2)=N[C@H]1c1cccc(F)c1C. The van der Waals surface area contributed by atoms with E-state index in [-0.39, 0.29) is 24.8 Å². The number of ether oxygens (including phenoxy) is 1. The van der Waals surface area contributed by atoms with E-state index in [9.17, 15) is 27.5 Å². The Kier molecular flexibility index (Phi) is 9.93. The minimum absolute atomic E-state index is 0.121. The molecular weight excluding hydrogens is 650 g/mol. The summed E-state index contributed by atoms with van der Waals surface area (Å²) in [6.07, 6.45) is 2.76. The first kappa shape index (κ1) is 35.0. The first-order valence-electron chi connectivity index (χ1n) is 15.4. The van der Waals surface area contributed by atoms with Gasteiger partial charge in [0.15, 0.2) is 10.8 Å². The number of esters is 1. The summed E-state index contributed by atoms with van der Waals surface area (Å²) in [6, 6.07) is 3.72. The van der Waals surface area contributed by atoms with E-state index in [2.05, 4.69) is 24.8 Å². The second kappa shape index (κ2) is 13.3. The van der Waals surface area contributed by atoms with Gasteiger partial charge in [-0.2, -0.15) is 4.72 Å². The number of aliphatic carboxylic acids is 1. The fraction of sp³-hybridized carbons (Fsp3) is 0.548. The Morgan fingerprint density at radius 2 is 2.02 bits per heavy atom. The lowest BCUT2D eigenvalue weighted by molar-refractivity contribution is -0.149. The van der Waals surface area contributed by atoms with Crippen molar-refractivity contribution in [1.29, 1.82) is 0 Å². The van der Waals surface area contributed by atoms with Crippen LogP contribution in [0.5, 0.6) is 0 Å². The normalized spacial score (nSPS) is 24.5. The molecule has 256 valence electrons. The van der Waals surface area contributed by atoms with Gasteiger partial charge in [0.2, 0.25) is 10.0 Å². The zero-order chi connectivity index (χ0) is 34.3. The average molecular weight is 692 g/mol. The Hall–Kier alpha value is -3.28. The molecule has 4 heterocycles. The maximum absolute atomic E-state index is 14.8. The van der Waals surface area contributed by atoms with Crippen LogP contribution in [0.1, 0.15) is 49.9 Å². The summed E-state index contributed by atoms with van der Waals surface area (Å²) < 4.78 is 48.2. The van der Waals surface area contributed by atoms with Crippen LogP contribution in [-0.4, -0.2) is 115 Å². The quantitative estimate of drug-likeness (QED) is 0.297. The van der Waals surface area contributed by atoms with Crippen molar-refractivity contribution in [2.24, 2.45) is 10.4 Å². The molecule has 2 saturated heterocycles. The highest BCUT2D eigenvalue weighted by atomic mass is 32.2. The topological polar surface area (TPSA) is 157 Å². The smallest absolute Gasteiger partial charge is 0.338 e. The Morgan fingerprint density at radius 3 is 2.66 bits per heavy atom. The summed E-state index contributed by atoms with van der Waals surface area (Å²) in [6.45, 7) is 10.9. The molecule has 2 aromatic rings. The number of benzene rings is 1. The third kappa shape index (κ3) is 7.27. The van der Waals surface area contributed by atoms with E-state index in [1.54, 1.807) is 52.9 Å². The number of sulfonamides is 1. The molecule has 47 heavy (non-hydrogen) atoms. The lowest BCUT2D eigenvalue weighted by Crippen LogP contribution is -2.67. The predicted octanol–water partition coefficient (Wildman–Crippen LogP) is 2.13. The zero-order valence-electron chi connectivity index (χ0n) is 27.4. The average Bonchev–Trinajstić information content (AvgIpc) is 3.60. The molecule has 13 nitrogen and oxygen atoms in total. The maximum Gasteiger partial charge on any atom is 0.338 e. The van der Waals surface area contributed by atoms with Gasteiger partial charge in [-0.25, -0.2) is 22.6 Å².